The zero-order valence-corrected chi connectivity index (χ0v) is 19.8. The lowest BCUT2D eigenvalue weighted by Crippen LogP contribution is -2.42. The van der Waals surface area contributed by atoms with Crippen molar-refractivity contribution in [2.75, 3.05) is 26.0 Å². The third kappa shape index (κ3) is 4.78. The van der Waals surface area contributed by atoms with E-state index in [4.69, 9.17) is 4.74 Å². The highest BCUT2D eigenvalue weighted by Crippen LogP contribution is 2.33. The van der Waals surface area contributed by atoms with E-state index in [1.165, 1.54) is 17.5 Å². The van der Waals surface area contributed by atoms with Crippen LogP contribution in [0.4, 0.5) is 0 Å². The number of thioether (sulfide) groups is 1. The Kier molecular flexibility index (Phi) is 6.76. The number of rotatable bonds is 6. The summed E-state index contributed by atoms with van der Waals surface area (Å²) in [7, 11) is 1.54. The molecular weight excluding hydrogens is 444 g/mol. The third-order valence-corrected chi connectivity index (χ3v) is 7.35. The smallest absolute Gasteiger partial charge is 0.274 e. The second-order valence-corrected chi connectivity index (χ2v) is 9.88. The number of nitrogens with one attached hydrogen (secondary N) is 1. The SMILES string of the molecule is COc1ccnc(C(=O)NCC2SCCN2C(=O)c2nc(C)sc2-c2cccc(C)c2)c1. The fourth-order valence-corrected chi connectivity index (χ4v) is 5.61. The molecule has 2 aromatic heterocycles. The van der Waals surface area contributed by atoms with Crippen molar-refractivity contribution in [1.82, 2.24) is 20.2 Å². The van der Waals surface area contributed by atoms with Crippen LogP contribution in [0.1, 0.15) is 31.5 Å². The first kappa shape index (κ1) is 22.3. The monoisotopic (exact) mass is 468 g/mol. The van der Waals surface area contributed by atoms with Crippen LogP contribution in [0, 0.1) is 13.8 Å². The summed E-state index contributed by atoms with van der Waals surface area (Å²) in [6, 6.07) is 11.4. The molecule has 0 bridgehead atoms. The standard InChI is InChI=1S/C23H24N4O3S2/c1-14-5-4-6-16(11-14)21-20(26-15(2)32-21)23(29)27-9-10-31-19(27)13-25-22(28)18-12-17(30-3)7-8-24-18/h4-8,11-12,19H,9-10,13H2,1-3H3,(H,25,28). The van der Waals surface area contributed by atoms with Crippen molar-refractivity contribution in [2.45, 2.75) is 19.2 Å². The van der Waals surface area contributed by atoms with E-state index in [-0.39, 0.29) is 22.9 Å². The highest BCUT2D eigenvalue weighted by molar-refractivity contribution is 8.00. The number of hydrogen-bond donors (Lipinski definition) is 1. The van der Waals surface area contributed by atoms with Gasteiger partial charge in [0, 0.05) is 31.1 Å². The Morgan fingerprint density at radius 2 is 2.09 bits per heavy atom. The summed E-state index contributed by atoms with van der Waals surface area (Å²) in [6.45, 7) is 4.90. The van der Waals surface area contributed by atoms with Crippen LogP contribution >= 0.6 is 23.1 Å². The normalized spacial score (nSPS) is 15.6. The molecule has 1 atom stereocenters. The fraction of sp³-hybridized carbons (Fsp3) is 0.304. The molecule has 1 aliphatic heterocycles. The number of amides is 2. The van der Waals surface area contributed by atoms with Crippen molar-refractivity contribution in [3.63, 3.8) is 0 Å². The van der Waals surface area contributed by atoms with Gasteiger partial charge in [0.25, 0.3) is 11.8 Å². The molecule has 1 saturated heterocycles. The van der Waals surface area contributed by atoms with Gasteiger partial charge in [-0.25, -0.2) is 4.98 Å². The van der Waals surface area contributed by atoms with Crippen molar-refractivity contribution in [2.24, 2.45) is 0 Å². The zero-order valence-electron chi connectivity index (χ0n) is 18.1. The van der Waals surface area contributed by atoms with Gasteiger partial charge in [-0.15, -0.1) is 23.1 Å². The van der Waals surface area contributed by atoms with Gasteiger partial charge in [0.1, 0.15) is 17.1 Å². The summed E-state index contributed by atoms with van der Waals surface area (Å²) in [4.78, 5) is 37.4. The number of ether oxygens (including phenoxy) is 1. The van der Waals surface area contributed by atoms with Crippen LogP contribution in [-0.2, 0) is 0 Å². The number of methoxy groups -OCH3 is 1. The second-order valence-electron chi connectivity index (χ2n) is 7.40. The summed E-state index contributed by atoms with van der Waals surface area (Å²) >= 11 is 3.18. The summed E-state index contributed by atoms with van der Waals surface area (Å²) in [5.41, 5.74) is 2.89. The van der Waals surface area contributed by atoms with Crippen molar-refractivity contribution < 1.29 is 14.3 Å². The Morgan fingerprint density at radius 3 is 2.88 bits per heavy atom. The van der Waals surface area contributed by atoms with Crippen LogP contribution in [0.3, 0.4) is 0 Å². The van der Waals surface area contributed by atoms with Gasteiger partial charge in [-0.3, -0.25) is 14.6 Å². The van der Waals surface area contributed by atoms with E-state index in [0.29, 0.717) is 24.5 Å². The van der Waals surface area contributed by atoms with Crippen LogP contribution in [-0.4, -0.2) is 58.0 Å². The van der Waals surface area contributed by atoms with Gasteiger partial charge in [-0.05, 0) is 25.5 Å². The van der Waals surface area contributed by atoms with E-state index < -0.39 is 0 Å². The topological polar surface area (TPSA) is 84.4 Å². The molecule has 3 aromatic rings. The van der Waals surface area contributed by atoms with E-state index in [1.807, 2.05) is 32.0 Å². The molecular formula is C23H24N4O3S2. The number of carbonyl (C=O) groups excluding carboxylic acids is 2. The van der Waals surface area contributed by atoms with Crippen LogP contribution in [0.25, 0.3) is 10.4 Å². The first-order chi connectivity index (χ1) is 15.5. The molecule has 1 N–H and O–H groups in total. The van der Waals surface area contributed by atoms with Gasteiger partial charge >= 0.3 is 0 Å². The molecule has 0 saturated carbocycles. The maximum absolute atomic E-state index is 13.5. The van der Waals surface area contributed by atoms with Crippen molar-refractivity contribution in [3.05, 3.63) is 64.6 Å². The van der Waals surface area contributed by atoms with Crippen LogP contribution in [0.5, 0.6) is 5.75 Å². The maximum Gasteiger partial charge on any atom is 0.274 e. The van der Waals surface area contributed by atoms with Crippen LogP contribution in [0.2, 0.25) is 0 Å². The fourth-order valence-electron chi connectivity index (χ4n) is 3.55. The number of pyridine rings is 1. The summed E-state index contributed by atoms with van der Waals surface area (Å²) < 4.78 is 5.15. The molecule has 0 radical (unpaired) electrons. The highest BCUT2D eigenvalue weighted by Gasteiger charge is 2.33. The average molecular weight is 469 g/mol. The van der Waals surface area contributed by atoms with Crippen molar-refractivity contribution >= 4 is 34.9 Å². The molecule has 0 aliphatic carbocycles. The Morgan fingerprint density at radius 1 is 1.25 bits per heavy atom. The predicted molar refractivity (Wildman–Crippen MR) is 127 cm³/mol. The summed E-state index contributed by atoms with van der Waals surface area (Å²) in [6.07, 6.45) is 1.53. The average Bonchev–Trinajstić information content (AvgIpc) is 3.43. The lowest BCUT2D eigenvalue weighted by atomic mass is 10.1. The minimum Gasteiger partial charge on any atom is -0.497 e. The molecule has 3 heterocycles. The Labute approximate surface area is 195 Å². The number of hydrogen-bond acceptors (Lipinski definition) is 7. The van der Waals surface area contributed by atoms with E-state index in [2.05, 4.69) is 21.4 Å². The van der Waals surface area contributed by atoms with E-state index in [0.717, 1.165) is 26.8 Å². The number of nitrogens with zero attached hydrogens (tertiary/aromatic N) is 3. The predicted octanol–water partition coefficient (Wildman–Crippen LogP) is 3.78. The van der Waals surface area contributed by atoms with Gasteiger partial charge in [-0.1, -0.05) is 29.8 Å². The lowest BCUT2D eigenvalue weighted by Gasteiger charge is -2.23. The summed E-state index contributed by atoms with van der Waals surface area (Å²) in [5.74, 6) is 0.982. The minimum absolute atomic E-state index is 0.102. The minimum atomic E-state index is -0.297. The van der Waals surface area contributed by atoms with Gasteiger partial charge in [-0.2, -0.15) is 0 Å². The van der Waals surface area contributed by atoms with Gasteiger partial charge < -0.3 is 15.0 Å². The van der Waals surface area contributed by atoms with Crippen LogP contribution < -0.4 is 10.1 Å². The summed E-state index contributed by atoms with van der Waals surface area (Å²) in [5, 5.41) is 3.59. The number of benzene rings is 1. The molecule has 9 heteroatoms. The zero-order chi connectivity index (χ0) is 22.7. The molecule has 7 nitrogen and oxygen atoms in total. The number of aromatic nitrogens is 2. The molecule has 2 amide bonds. The van der Waals surface area contributed by atoms with E-state index >= 15 is 0 Å². The number of carbonyl (C=O) groups is 2. The molecule has 1 aliphatic rings. The molecule has 1 unspecified atom stereocenters. The quantitative estimate of drug-likeness (QED) is 0.593. The molecule has 32 heavy (non-hydrogen) atoms. The van der Waals surface area contributed by atoms with Crippen molar-refractivity contribution in [3.8, 4) is 16.2 Å². The largest absolute Gasteiger partial charge is 0.497 e. The molecule has 4 rings (SSSR count). The molecule has 1 fully saturated rings. The van der Waals surface area contributed by atoms with Crippen molar-refractivity contribution in [1.29, 1.82) is 0 Å². The molecule has 166 valence electrons. The van der Waals surface area contributed by atoms with E-state index in [1.54, 1.807) is 35.9 Å². The number of thiazole rings is 1. The Hall–Kier alpha value is -2.91. The van der Waals surface area contributed by atoms with Crippen LogP contribution in [0.15, 0.2) is 42.6 Å². The lowest BCUT2D eigenvalue weighted by molar-refractivity contribution is 0.0746. The Bertz CT molecular complexity index is 1150. The van der Waals surface area contributed by atoms with Gasteiger partial charge in [0.2, 0.25) is 0 Å². The van der Waals surface area contributed by atoms with Gasteiger partial charge in [0.05, 0.1) is 22.4 Å². The molecule has 1 aromatic carbocycles. The second kappa shape index (κ2) is 9.70. The first-order valence-electron chi connectivity index (χ1n) is 10.2. The first-order valence-corrected chi connectivity index (χ1v) is 12.1. The van der Waals surface area contributed by atoms with E-state index in [9.17, 15) is 9.59 Å². The third-order valence-electron chi connectivity index (χ3n) is 5.10. The maximum atomic E-state index is 13.5. The highest BCUT2D eigenvalue weighted by atomic mass is 32.2. The number of aryl methyl sites for hydroxylation is 2. The van der Waals surface area contributed by atoms with Gasteiger partial charge in [0.15, 0.2) is 0 Å². The molecule has 0 spiro atoms. The Balaban J connectivity index is 1.49.